The van der Waals surface area contributed by atoms with Crippen LogP contribution in [0.4, 0.5) is 4.79 Å². The number of hydrogen-bond donors (Lipinski definition) is 0. The highest BCUT2D eigenvalue weighted by molar-refractivity contribution is 9.10. The van der Waals surface area contributed by atoms with Crippen molar-refractivity contribution < 1.29 is 14.3 Å². The van der Waals surface area contributed by atoms with Gasteiger partial charge in [-0.05, 0) is 69.6 Å². The van der Waals surface area contributed by atoms with Crippen LogP contribution in [-0.2, 0) is 17.9 Å². The van der Waals surface area contributed by atoms with Gasteiger partial charge in [0, 0.05) is 4.47 Å². The van der Waals surface area contributed by atoms with Gasteiger partial charge in [0.25, 0.3) is 11.1 Å². The van der Waals surface area contributed by atoms with Crippen molar-refractivity contribution in [2.75, 3.05) is 0 Å². The van der Waals surface area contributed by atoms with Gasteiger partial charge in [-0.25, -0.2) is 0 Å². The van der Waals surface area contributed by atoms with Crippen LogP contribution in [0, 0.1) is 0 Å². The summed E-state index contributed by atoms with van der Waals surface area (Å²) >= 11 is 4.36. The summed E-state index contributed by atoms with van der Waals surface area (Å²) in [6.07, 6.45) is 1.75. The van der Waals surface area contributed by atoms with Gasteiger partial charge < -0.3 is 4.74 Å². The van der Waals surface area contributed by atoms with Crippen molar-refractivity contribution in [3.05, 3.63) is 117 Å². The molecule has 0 radical (unpaired) electrons. The van der Waals surface area contributed by atoms with Crippen molar-refractivity contribution in [3.8, 4) is 5.75 Å². The fourth-order valence-electron chi connectivity index (χ4n) is 3.80. The molecule has 0 aromatic heterocycles. The number of carbonyl (C=O) groups is 2. The van der Waals surface area contributed by atoms with Gasteiger partial charge in [0.2, 0.25) is 0 Å². The summed E-state index contributed by atoms with van der Waals surface area (Å²) < 4.78 is 6.95. The zero-order valence-electron chi connectivity index (χ0n) is 18.1. The number of fused-ring (bicyclic) bond motifs is 1. The van der Waals surface area contributed by atoms with E-state index in [0.29, 0.717) is 11.5 Å². The largest absolute Gasteiger partial charge is 0.489 e. The number of hydrogen-bond acceptors (Lipinski definition) is 4. The van der Waals surface area contributed by atoms with E-state index >= 15 is 0 Å². The molecule has 0 spiro atoms. The van der Waals surface area contributed by atoms with Crippen LogP contribution in [0.2, 0.25) is 0 Å². The topological polar surface area (TPSA) is 46.6 Å². The molecular formula is C28H20BrNO3S. The molecule has 1 aliphatic heterocycles. The Balaban J connectivity index is 1.25. The van der Waals surface area contributed by atoms with E-state index in [-0.39, 0.29) is 17.7 Å². The third-order valence-corrected chi connectivity index (χ3v) is 7.02. The van der Waals surface area contributed by atoms with Crippen molar-refractivity contribution in [2.45, 2.75) is 13.2 Å². The third kappa shape index (κ3) is 4.93. The Bertz CT molecular complexity index is 1390. The molecule has 1 heterocycles. The van der Waals surface area contributed by atoms with Crippen molar-refractivity contribution in [1.29, 1.82) is 0 Å². The Morgan fingerprint density at radius 1 is 0.853 bits per heavy atom. The van der Waals surface area contributed by atoms with Crippen molar-refractivity contribution in [3.63, 3.8) is 0 Å². The van der Waals surface area contributed by atoms with Gasteiger partial charge in [-0.2, -0.15) is 0 Å². The lowest BCUT2D eigenvalue weighted by Gasteiger charge is -2.12. The number of halogens is 1. The number of carbonyl (C=O) groups excluding carboxylic acids is 2. The maximum absolute atomic E-state index is 12.8. The highest BCUT2D eigenvalue weighted by Gasteiger charge is 2.34. The number of amides is 2. The van der Waals surface area contributed by atoms with Crippen LogP contribution in [0.25, 0.3) is 16.8 Å². The number of ether oxygens (including phenoxy) is 1. The van der Waals surface area contributed by atoms with E-state index in [1.54, 1.807) is 6.08 Å². The summed E-state index contributed by atoms with van der Waals surface area (Å²) in [6, 6.07) is 29.6. The summed E-state index contributed by atoms with van der Waals surface area (Å²) in [6.45, 7) is 0.728. The summed E-state index contributed by atoms with van der Waals surface area (Å²) in [5.41, 5.74) is 2.87. The predicted octanol–water partition coefficient (Wildman–Crippen LogP) is 7.42. The predicted molar refractivity (Wildman–Crippen MR) is 140 cm³/mol. The second-order valence-electron chi connectivity index (χ2n) is 7.89. The van der Waals surface area contributed by atoms with E-state index in [1.807, 2.05) is 66.7 Å². The molecule has 168 valence electrons. The molecule has 4 aromatic rings. The second kappa shape index (κ2) is 9.87. The normalized spacial score (nSPS) is 14.9. The lowest BCUT2D eigenvalue weighted by atomic mass is 10.1. The first-order valence-corrected chi connectivity index (χ1v) is 12.4. The van der Waals surface area contributed by atoms with E-state index in [0.717, 1.165) is 38.7 Å². The zero-order chi connectivity index (χ0) is 23.5. The Labute approximate surface area is 210 Å². The molecular weight excluding hydrogens is 510 g/mol. The first kappa shape index (κ1) is 22.4. The lowest BCUT2D eigenvalue weighted by molar-refractivity contribution is -0.123. The van der Waals surface area contributed by atoms with Crippen LogP contribution in [0.5, 0.6) is 5.75 Å². The van der Waals surface area contributed by atoms with Crippen molar-refractivity contribution in [1.82, 2.24) is 4.90 Å². The summed E-state index contributed by atoms with van der Waals surface area (Å²) in [4.78, 5) is 26.9. The first-order chi connectivity index (χ1) is 16.6. The number of benzene rings is 4. The van der Waals surface area contributed by atoms with Gasteiger partial charge in [-0.3, -0.25) is 14.5 Å². The molecule has 0 saturated carbocycles. The fraction of sp³-hybridized carbons (Fsp3) is 0.0714. The van der Waals surface area contributed by atoms with Crippen LogP contribution in [-0.4, -0.2) is 16.0 Å². The molecule has 0 atom stereocenters. The monoisotopic (exact) mass is 529 g/mol. The molecule has 5 rings (SSSR count). The average Bonchev–Trinajstić information content (AvgIpc) is 3.12. The van der Waals surface area contributed by atoms with Gasteiger partial charge in [0.1, 0.15) is 12.4 Å². The number of rotatable bonds is 6. The number of nitrogens with zero attached hydrogens (tertiary/aromatic N) is 1. The lowest BCUT2D eigenvalue weighted by Crippen LogP contribution is -2.27. The third-order valence-electron chi connectivity index (χ3n) is 5.58. The van der Waals surface area contributed by atoms with Crippen molar-refractivity contribution >= 4 is 55.7 Å². The number of imide groups is 1. The Hall–Kier alpha value is -3.35. The second-order valence-corrected chi connectivity index (χ2v) is 9.80. The van der Waals surface area contributed by atoms with Crippen LogP contribution in [0.1, 0.15) is 16.7 Å². The van der Waals surface area contributed by atoms with E-state index in [9.17, 15) is 9.59 Å². The first-order valence-electron chi connectivity index (χ1n) is 10.8. The number of thioether (sulfide) groups is 1. The van der Waals surface area contributed by atoms with Crippen LogP contribution in [0.3, 0.4) is 0 Å². The van der Waals surface area contributed by atoms with Gasteiger partial charge in [-0.15, -0.1) is 0 Å². The standard InChI is InChI=1S/C28H20BrNO3S/c29-23-12-8-20(9-13-23)17-30-27(31)26(34-28(30)32)16-19-10-14-24(15-11-19)33-18-22-6-3-5-21-4-1-2-7-25(21)22/h1-16H,17-18H2/b26-16-. The molecule has 34 heavy (non-hydrogen) atoms. The Morgan fingerprint density at radius 2 is 1.59 bits per heavy atom. The van der Waals surface area contributed by atoms with E-state index in [2.05, 4.69) is 40.2 Å². The minimum absolute atomic E-state index is 0.255. The van der Waals surface area contributed by atoms with Crippen LogP contribution < -0.4 is 4.74 Å². The van der Waals surface area contributed by atoms with E-state index in [1.165, 1.54) is 15.7 Å². The minimum Gasteiger partial charge on any atom is -0.489 e. The molecule has 0 N–H and O–H groups in total. The van der Waals surface area contributed by atoms with Crippen LogP contribution in [0.15, 0.2) is 100 Å². The highest BCUT2D eigenvalue weighted by atomic mass is 79.9. The molecule has 6 heteroatoms. The molecule has 1 fully saturated rings. The van der Waals surface area contributed by atoms with E-state index in [4.69, 9.17) is 4.74 Å². The van der Waals surface area contributed by atoms with Gasteiger partial charge in [0.05, 0.1) is 11.4 Å². The van der Waals surface area contributed by atoms with Gasteiger partial charge in [-0.1, -0.05) is 82.7 Å². The maximum Gasteiger partial charge on any atom is 0.293 e. The van der Waals surface area contributed by atoms with E-state index < -0.39 is 0 Å². The SMILES string of the molecule is O=C1S/C(=C\c2ccc(OCc3cccc4ccccc34)cc2)C(=O)N1Cc1ccc(Br)cc1. The maximum atomic E-state index is 12.8. The molecule has 0 unspecified atom stereocenters. The van der Waals surface area contributed by atoms with Gasteiger partial charge >= 0.3 is 0 Å². The zero-order valence-corrected chi connectivity index (χ0v) is 20.5. The Morgan fingerprint density at radius 3 is 2.38 bits per heavy atom. The van der Waals surface area contributed by atoms with Gasteiger partial charge in [0.15, 0.2) is 0 Å². The fourth-order valence-corrected chi connectivity index (χ4v) is 4.90. The molecule has 1 saturated heterocycles. The Kier molecular flexibility index (Phi) is 6.52. The molecule has 4 nitrogen and oxygen atoms in total. The minimum atomic E-state index is -0.269. The molecule has 0 bridgehead atoms. The smallest absolute Gasteiger partial charge is 0.293 e. The molecule has 1 aliphatic rings. The molecule has 4 aromatic carbocycles. The highest BCUT2D eigenvalue weighted by Crippen LogP contribution is 2.33. The summed E-state index contributed by atoms with van der Waals surface area (Å²) in [5, 5.41) is 2.11. The summed E-state index contributed by atoms with van der Waals surface area (Å²) in [5.74, 6) is 0.475. The quantitative estimate of drug-likeness (QED) is 0.244. The van der Waals surface area contributed by atoms with Crippen LogP contribution >= 0.6 is 27.7 Å². The summed E-state index contributed by atoms with van der Waals surface area (Å²) in [7, 11) is 0. The molecule has 2 amide bonds. The van der Waals surface area contributed by atoms with Crippen molar-refractivity contribution in [2.24, 2.45) is 0 Å². The molecule has 0 aliphatic carbocycles. The average molecular weight is 530 g/mol.